The molecule has 0 aliphatic heterocycles. The number of rotatable bonds is 4. The maximum absolute atomic E-state index is 11.5. The molecule has 1 aromatic heterocycles. The van der Waals surface area contributed by atoms with Crippen molar-refractivity contribution in [2.45, 2.75) is 18.3 Å². The molecule has 2 N–H and O–H groups in total. The third-order valence-electron chi connectivity index (χ3n) is 3.80. The van der Waals surface area contributed by atoms with Crippen LogP contribution in [0.4, 0.5) is 5.88 Å². The van der Waals surface area contributed by atoms with E-state index in [-0.39, 0.29) is 17.1 Å². The zero-order valence-electron chi connectivity index (χ0n) is 11.2. The maximum atomic E-state index is 11.5. The number of hydrogen-bond acceptors (Lipinski definition) is 5. The van der Waals surface area contributed by atoms with Gasteiger partial charge in [-0.3, -0.25) is 0 Å². The molecule has 1 aliphatic rings. The molecule has 0 amide bonds. The van der Waals surface area contributed by atoms with E-state index in [0.717, 1.165) is 29.5 Å². The molecule has 1 aromatic carbocycles. The predicted octanol–water partition coefficient (Wildman–Crippen LogP) is 2.00. The molecule has 5 nitrogen and oxygen atoms in total. The Bertz CT molecular complexity index is 728. The first kappa shape index (κ1) is 13.2. The van der Waals surface area contributed by atoms with Crippen molar-refractivity contribution < 1.29 is 12.9 Å². The van der Waals surface area contributed by atoms with E-state index in [1.807, 2.05) is 24.3 Å². The van der Waals surface area contributed by atoms with Crippen molar-refractivity contribution in [3.63, 3.8) is 0 Å². The van der Waals surface area contributed by atoms with E-state index in [1.165, 1.54) is 6.26 Å². The van der Waals surface area contributed by atoms with Crippen molar-refractivity contribution in [3.8, 4) is 11.1 Å². The number of nitrogens with two attached hydrogens (primary N) is 1. The monoisotopic (exact) mass is 292 g/mol. The lowest BCUT2D eigenvalue weighted by molar-refractivity contribution is 0.436. The number of nitrogen functional groups attached to an aromatic ring is 1. The van der Waals surface area contributed by atoms with Crippen molar-refractivity contribution in [1.82, 2.24) is 5.16 Å². The van der Waals surface area contributed by atoms with E-state index in [2.05, 4.69) is 5.16 Å². The number of anilines is 1. The SMILES string of the molecule is CS(=O)(=O)CC1(c2ccc(-c3cnoc3N)cc2)CC1. The van der Waals surface area contributed by atoms with Crippen LogP contribution in [-0.2, 0) is 15.3 Å². The molecule has 3 rings (SSSR count). The van der Waals surface area contributed by atoms with Gasteiger partial charge < -0.3 is 10.3 Å². The highest BCUT2D eigenvalue weighted by atomic mass is 32.2. The van der Waals surface area contributed by atoms with Crippen molar-refractivity contribution >= 4 is 15.7 Å². The second-order valence-corrected chi connectivity index (χ2v) is 7.67. The Labute approximate surface area is 117 Å². The molecular weight excluding hydrogens is 276 g/mol. The van der Waals surface area contributed by atoms with Gasteiger partial charge in [0.15, 0.2) is 0 Å². The normalized spacial score (nSPS) is 17.1. The fourth-order valence-corrected chi connectivity index (χ4v) is 4.10. The van der Waals surface area contributed by atoms with E-state index in [0.29, 0.717) is 0 Å². The Morgan fingerprint density at radius 3 is 2.40 bits per heavy atom. The first-order valence-corrected chi connectivity index (χ1v) is 8.45. The van der Waals surface area contributed by atoms with Crippen LogP contribution in [0.1, 0.15) is 18.4 Å². The zero-order valence-corrected chi connectivity index (χ0v) is 12.0. The van der Waals surface area contributed by atoms with Crippen LogP contribution in [-0.4, -0.2) is 25.6 Å². The molecule has 20 heavy (non-hydrogen) atoms. The highest BCUT2D eigenvalue weighted by Crippen LogP contribution is 2.49. The lowest BCUT2D eigenvalue weighted by atomic mass is 9.96. The highest BCUT2D eigenvalue weighted by molar-refractivity contribution is 7.90. The molecule has 0 saturated heterocycles. The van der Waals surface area contributed by atoms with Crippen molar-refractivity contribution in [3.05, 3.63) is 36.0 Å². The summed E-state index contributed by atoms with van der Waals surface area (Å²) in [5.41, 5.74) is 8.24. The fourth-order valence-electron chi connectivity index (χ4n) is 2.64. The van der Waals surface area contributed by atoms with Gasteiger partial charge in [-0.2, -0.15) is 0 Å². The quantitative estimate of drug-likeness (QED) is 0.931. The molecule has 1 saturated carbocycles. The van der Waals surface area contributed by atoms with Gasteiger partial charge in [0.1, 0.15) is 9.84 Å². The van der Waals surface area contributed by atoms with Crippen LogP contribution in [0.2, 0.25) is 0 Å². The summed E-state index contributed by atoms with van der Waals surface area (Å²) in [6.45, 7) is 0. The van der Waals surface area contributed by atoms with Crippen LogP contribution in [0.5, 0.6) is 0 Å². The van der Waals surface area contributed by atoms with E-state index < -0.39 is 9.84 Å². The van der Waals surface area contributed by atoms with Gasteiger partial charge in [-0.1, -0.05) is 29.4 Å². The van der Waals surface area contributed by atoms with E-state index in [4.69, 9.17) is 10.3 Å². The summed E-state index contributed by atoms with van der Waals surface area (Å²) >= 11 is 0. The van der Waals surface area contributed by atoms with Crippen LogP contribution in [0.3, 0.4) is 0 Å². The summed E-state index contributed by atoms with van der Waals surface area (Å²) in [4.78, 5) is 0. The van der Waals surface area contributed by atoms with Gasteiger partial charge >= 0.3 is 0 Å². The summed E-state index contributed by atoms with van der Waals surface area (Å²) in [5, 5.41) is 3.65. The molecular formula is C14H16N2O3S. The Morgan fingerprint density at radius 1 is 1.30 bits per heavy atom. The van der Waals surface area contributed by atoms with Gasteiger partial charge in [0, 0.05) is 11.7 Å². The number of benzene rings is 1. The Hall–Kier alpha value is -1.82. The van der Waals surface area contributed by atoms with Crippen LogP contribution in [0.15, 0.2) is 35.0 Å². The minimum absolute atomic E-state index is 0.188. The molecule has 0 atom stereocenters. The van der Waals surface area contributed by atoms with Gasteiger partial charge in [-0.25, -0.2) is 8.42 Å². The second kappa shape index (κ2) is 4.34. The summed E-state index contributed by atoms with van der Waals surface area (Å²) in [6.07, 6.45) is 4.72. The first-order valence-electron chi connectivity index (χ1n) is 6.38. The minimum Gasteiger partial charge on any atom is -0.367 e. The Morgan fingerprint density at radius 2 is 1.95 bits per heavy atom. The van der Waals surface area contributed by atoms with Gasteiger partial charge in [-0.05, 0) is 24.0 Å². The molecule has 6 heteroatoms. The maximum Gasteiger partial charge on any atom is 0.229 e. The minimum atomic E-state index is -2.97. The lowest BCUT2D eigenvalue weighted by Crippen LogP contribution is -2.19. The number of hydrogen-bond donors (Lipinski definition) is 1. The largest absolute Gasteiger partial charge is 0.367 e. The summed E-state index contributed by atoms with van der Waals surface area (Å²) < 4.78 is 27.9. The van der Waals surface area contributed by atoms with Crippen LogP contribution < -0.4 is 5.73 Å². The van der Waals surface area contributed by atoms with Gasteiger partial charge in [0.25, 0.3) is 0 Å². The molecule has 106 valence electrons. The van der Waals surface area contributed by atoms with Gasteiger partial charge in [-0.15, -0.1) is 0 Å². The summed E-state index contributed by atoms with van der Waals surface area (Å²) in [5.74, 6) is 0.504. The van der Waals surface area contributed by atoms with Crippen LogP contribution in [0.25, 0.3) is 11.1 Å². The molecule has 0 radical (unpaired) electrons. The third-order valence-corrected chi connectivity index (χ3v) is 4.88. The van der Waals surface area contributed by atoms with Crippen LogP contribution >= 0.6 is 0 Å². The number of aromatic nitrogens is 1. The van der Waals surface area contributed by atoms with Crippen molar-refractivity contribution in [2.24, 2.45) is 0 Å². The standard InChI is InChI=1S/C14H16N2O3S/c1-20(17,18)9-14(6-7-14)11-4-2-10(3-5-11)12-8-16-19-13(12)15/h2-5,8H,6-7,9,15H2,1H3. The van der Waals surface area contributed by atoms with Gasteiger partial charge in [0.05, 0.1) is 17.5 Å². The van der Waals surface area contributed by atoms with Crippen molar-refractivity contribution in [1.29, 1.82) is 0 Å². The molecule has 0 spiro atoms. The molecule has 0 unspecified atom stereocenters. The van der Waals surface area contributed by atoms with E-state index in [1.54, 1.807) is 6.20 Å². The summed E-state index contributed by atoms with van der Waals surface area (Å²) in [7, 11) is -2.97. The molecule has 1 heterocycles. The number of sulfone groups is 1. The fraction of sp³-hybridized carbons (Fsp3) is 0.357. The third kappa shape index (κ3) is 2.43. The molecule has 2 aromatic rings. The first-order chi connectivity index (χ1) is 9.40. The van der Waals surface area contributed by atoms with Crippen LogP contribution in [0, 0.1) is 0 Å². The number of nitrogens with zero attached hydrogens (tertiary/aromatic N) is 1. The van der Waals surface area contributed by atoms with E-state index in [9.17, 15) is 8.42 Å². The zero-order chi connectivity index (χ0) is 14.4. The molecule has 1 fully saturated rings. The lowest BCUT2D eigenvalue weighted by Gasteiger charge is -2.14. The smallest absolute Gasteiger partial charge is 0.229 e. The Kier molecular flexibility index (Phi) is 2.86. The topological polar surface area (TPSA) is 86.2 Å². The Balaban J connectivity index is 1.89. The highest BCUT2D eigenvalue weighted by Gasteiger charge is 2.46. The average molecular weight is 292 g/mol. The summed E-state index contributed by atoms with van der Waals surface area (Å²) in [6, 6.07) is 7.81. The predicted molar refractivity (Wildman–Crippen MR) is 77.0 cm³/mol. The second-order valence-electron chi connectivity index (χ2n) is 5.53. The van der Waals surface area contributed by atoms with E-state index >= 15 is 0 Å². The molecule has 0 bridgehead atoms. The average Bonchev–Trinajstić information content (AvgIpc) is 3.00. The molecule has 1 aliphatic carbocycles. The van der Waals surface area contributed by atoms with Crippen molar-refractivity contribution in [2.75, 3.05) is 17.7 Å². The van der Waals surface area contributed by atoms with Gasteiger partial charge in [0.2, 0.25) is 5.88 Å².